The molecule has 1 aromatic rings. The third-order valence-electron chi connectivity index (χ3n) is 1.28. The number of aromatic nitrogens is 3. The second-order valence-electron chi connectivity index (χ2n) is 2.16. The zero-order valence-electron chi connectivity index (χ0n) is 6.40. The van der Waals surface area contributed by atoms with Crippen molar-refractivity contribution in [1.29, 1.82) is 0 Å². The fourth-order valence-electron chi connectivity index (χ4n) is 0.750. The molecule has 0 saturated heterocycles. The van der Waals surface area contributed by atoms with Crippen LogP contribution in [0.25, 0.3) is 0 Å². The Kier molecular flexibility index (Phi) is 3.34. The summed E-state index contributed by atoms with van der Waals surface area (Å²) in [4.78, 5) is 0. The lowest BCUT2D eigenvalue weighted by molar-refractivity contribution is 0.555. The molecule has 0 aliphatic carbocycles. The third kappa shape index (κ3) is 2.95. The molecular weight excluding hydrogens is 140 g/mol. The Balaban J connectivity index is 2.09. The average molecular weight is 152 g/mol. The molecule has 0 amide bonds. The summed E-state index contributed by atoms with van der Waals surface area (Å²) in [6.07, 6.45) is 5.35. The number of rotatable bonds is 5. The molecule has 1 aromatic heterocycles. The number of hydrogen-bond donors (Lipinski definition) is 1. The molecule has 11 heavy (non-hydrogen) atoms. The van der Waals surface area contributed by atoms with E-state index >= 15 is 0 Å². The predicted molar refractivity (Wildman–Crippen MR) is 43.1 cm³/mol. The van der Waals surface area contributed by atoms with E-state index in [4.69, 9.17) is 0 Å². The number of hydrogen-bond acceptors (Lipinski definition) is 3. The van der Waals surface area contributed by atoms with Crippen LogP contribution in [0.4, 0.5) is 0 Å². The molecule has 1 heterocycles. The van der Waals surface area contributed by atoms with Crippen LogP contribution in [0.2, 0.25) is 0 Å². The van der Waals surface area contributed by atoms with E-state index in [-0.39, 0.29) is 0 Å². The Hall–Kier alpha value is -1.16. The predicted octanol–water partition coefficient (Wildman–Crippen LogP) is 0.0537. The first-order chi connectivity index (χ1) is 5.43. The van der Waals surface area contributed by atoms with E-state index < -0.39 is 0 Å². The highest BCUT2D eigenvalue weighted by molar-refractivity contribution is 4.70. The first-order valence-electron chi connectivity index (χ1n) is 3.59. The van der Waals surface area contributed by atoms with Gasteiger partial charge in [-0.15, -0.1) is 11.7 Å². The maximum atomic E-state index is 3.81. The normalized spacial score (nSPS) is 9.82. The molecule has 0 atom stereocenters. The monoisotopic (exact) mass is 152 g/mol. The highest BCUT2D eigenvalue weighted by Crippen LogP contribution is 1.77. The summed E-state index contributed by atoms with van der Waals surface area (Å²) >= 11 is 0. The lowest BCUT2D eigenvalue weighted by Crippen LogP contribution is -2.19. The Morgan fingerprint density at radius 2 is 2.55 bits per heavy atom. The van der Waals surface area contributed by atoms with Crippen LogP contribution < -0.4 is 5.32 Å². The Morgan fingerprint density at radius 1 is 1.64 bits per heavy atom. The third-order valence-corrected chi connectivity index (χ3v) is 1.28. The lowest BCUT2D eigenvalue weighted by atomic mass is 10.5. The minimum atomic E-state index is 0.842. The quantitative estimate of drug-likeness (QED) is 0.479. The molecule has 0 bridgehead atoms. The summed E-state index contributed by atoms with van der Waals surface area (Å²) in [6.45, 7) is 6.19. The average Bonchev–Trinajstić information content (AvgIpc) is 2.50. The topological polar surface area (TPSA) is 42.7 Å². The van der Waals surface area contributed by atoms with Crippen molar-refractivity contribution in [3.05, 3.63) is 25.0 Å². The molecule has 60 valence electrons. The minimum Gasteiger partial charge on any atom is -0.311 e. The molecule has 0 aliphatic heterocycles. The molecule has 0 aliphatic rings. The van der Waals surface area contributed by atoms with E-state index in [9.17, 15) is 0 Å². The smallest absolute Gasteiger partial charge is 0.0692 e. The molecule has 0 radical (unpaired) electrons. The molecule has 1 rings (SSSR count). The van der Waals surface area contributed by atoms with Crippen molar-refractivity contribution in [1.82, 2.24) is 20.3 Å². The van der Waals surface area contributed by atoms with Gasteiger partial charge >= 0.3 is 0 Å². The first-order valence-corrected chi connectivity index (χ1v) is 3.59. The number of nitrogens with zero attached hydrogens (tertiary/aromatic N) is 3. The second-order valence-corrected chi connectivity index (χ2v) is 2.16. The van der Waals surface area contributed by atoms with Crippen LogP contribution in [0, 0.1) is 0 Å². The van der Waals surface area contributed by atoms with Crippen LogP contribution in [-0.4, -0.2) is 28.1 Å². The van der Waals surface area contributed by atoms with Crippen molar-refractivity contribution >= 4 is 0 Å². The van der Waals surface area contributed by atoms with Gasteiger partial charge in [-0.1, -0.05) is 11.3 Å². The highest BCUT2D eigenvalue weighted by atomic mass is 15.4. The Bertz CT molecular complexity index is 192. The van der Waals surface area contributed by atoms with Crippen LogP contribution in [0.15, 0.2) is 25.0 Å². The Labute approximate surface area is 65.9 Å². The number of nitrogens with one attached hydrogen (secondary N) is 1. The SMILES string of the molecule is C=CCNCCn1ccnn1. The van der Waals surface area contributed by atoms with Crippen molar-refractivity contribution in [3.8, 4) is 0 Å². The van der Waals surface area contributed by atoms with E-state index in [0.29, 0.717) is 0 Å². The molecule has 4 nitrogen and oxygen atoms in total. The first kappa shape index (κ1) is 7.94. The van der Waals surface area contributed by atoms with Gasteiger partial charge < -0.3 is 5.32 Å². The summed E-state index contributed by atoms with van der Waals surface area (Å²) in [7, 11) is 0. The fourth-order valence-corrected chi connectivity index (χ4v) is 0.750. The molecule has 0 spiro atoms. The van der Waals surface area contributed by atoms with Gasteiger partial charge in [-0.3, -0.25) is 4.68 Å². The molecule has 1 N–H and O–H groups in total. The van der Waals surface area contributed by atoms with Gasteiger partial charge in [0.15, 0.2) is 0 Å². The van der Waals surface area contributed by atoms with E-state index in [1.807, 2.05) is 12.3 Å². The molecular formula is C7H12N4. The molecule has 0 saturated carbocycles. The highest BCUT2D eigenvalue weighted by Gasteiger charge is 1.88. The van der Waals surface area contributed by atoms with Crippen LogP contribution in [0.3, 0.4) is 0 Å². The van der Waals surface area contributed by atoms with Crippen molar-refractivity contribution in [2.75, 3.05) is 13.1 Å². The minimum absolute atomic E-state index is 0.842. The van der Waals surface area contributed by atoms with Gasteiger partial charge in [0.25, 0.3) is 0 Å². The zero-order valence-corrected chi connectivity index (χ0v) is 6.40. The van der Waals surface area contributed by atoms with Crippen LogP contribution in [0.5, 0.6) is 0 Å². The van der Waals surface area contributed by atoms with Crippen molar-refractivity contribution < 1.29 is 0 Å². The summed E-state index contributed by atoms with van der Waals surface area (Å²) in [6, 6.07) is 0. The molecule has 0 unspecified atom stereocenters. The van der Waals surface area contributed by atoms with Crippen molar-refractivity contribution in [2.24, 2.45) is 0 Å². The van der Waals surface area contributed by atoms with Gasteiger partial charge in [0, 0.05) is 19.3 Å². The van der Waals surface area contributed by atoms with Crippen LogP contribution in [-0.2, 0) is 6.54 Å². The standard InChI is InChI=1S/C7H12N4/c1-2-3-8-4-6-11-7-5-9-10-11/h2,5,7-8H,1,3-4,6H2. The van der Waals surface area contributed by atoms with Gasteiger partial charge in [-0.2, -0.15) is 0 Å². The summed E-state index contributed by atoms with van der Waals surface area (Å²) in [5.74, 6) is 0. The largest absolute Gasteiger partial charge is 0.311 e. The zero-order chi connectivity index (χ0) is 7.94. The van der Waals surface area contributed by atoms with E-state index in [1.165, 1.54) is 0 Å². The van der Waals surface area contributed by atoms with Gasteiger partial charge in [-0.25, -0.2) is 0 Å². The molecule has 4 heteroatoms. The second kappa shape index (κ2) is 4.62. The van der Waals surface area contributed by atoms with Gasteiger partial charge in [0.1, 0.15) is 0 Å². The lowest BCUT2D eigenvalue weighted by Gasteiger charge is -1.99. The molecule has 0 fully saturated rings. The van der Waals surface area contributed by atoms with Gasteiger partial charge in [0.2, 0.25) is 0 Å². The van der Waals surface area contributed by atoms with Crippen LogP contribution >= 0.6 is 0 Å². The van der Waals surface area contributed by atoms with Crippen molar-refractivity contribution in [2.45, 2.75) is 6.54 Å². The van der Waals surface area contributed by atoms with E-state index in [0.717, 1.165) is 19.6 Å². The van der Waals surface area contributed by atoms with Crippen LogP contribution in [0.1, 0.15) is 0 Å². The summed E-state index contributed by atoms with van der Waals surface area (Å²) in [5.41, 5.74) is 0. The summed E-state index contributed by atoms with van der Waals surface area (Å²) in [5, 5.41) is 10.7. The fraction of sp³-hybridized carbons (Fsp3) is 0.429. The maximum absolute atomic E-state index is 3.81. The van der Waals surface area contributed by atoms with Gasteiger partial charge in [0.05, 0.1) is 12.7 Å². The van der Waals surface area contributed by atoms with E-state index in [1.54, 1.807) is 10.9 Å². The maximum Gasteiger partial charge on any atom is 0.0692 e. The summed E-state index contributed by atoms with van der Waals surface area (Å²) < 4.78 is 1.79. The van der Waals surface area contributed by atoms with Gasteiger partial charge in [-0.05, 0) is 0 Å². The Morgan fingerprint density at radius 3 is 3.18 bits per heavy atom. The van der Waals surface area contributed by atoms with E-state index in [2.05, 4.69) is 22.2 Å². The van der Waals surface area contributed by atoms with Crippen molar-refractivity contribution in [3.63, 3.8) is 0 Å². The molecule has 0 aromatic carbocycles.